The fraction of sp³-hybridized carbons (Fsp3) is 0.238. The van der Waals surface area contributed by atoms with Crippen molar-refractivity contribution in [3.05, 3.63) is 82.6 Å². The van der Waals surface area contributed by atoms with E-state index in [1.165, 1.54) is 5.56 Å². The molecule has 0 spiro atoms. The van der Waals surface area contributed by atoms with Gasteiger partial charge in [-0.15, -0.1) is 0 Å². The fourth-order valence-corrected chi connectivity index (χ4v) is 3.04. The fourth-order valence-electron chi connectivity index (χ4n) is 2.77. The van der Waals surface area contributed by atoms with Crippen LogP contribution in [0.25, 0.3) is 0 Å². The van der Waals surface area contributed by atoms with Gasteiger partial charge in [-0.2, -0.15) is 5.10 Å². The van der Waals surface area contributed by atoms with Crippen LogP contribution in [-0.4, -0.2) is 33.7 Å². The summed E-state index contributed by atoms with van der Waals surface area (Å²) in [5.41, 5.74) is 2.17. The van der Waals surface area contributed by atoms with Crippen LogP contribution in [0.3, 0.4) is 0 Å². The Bertz CT molecular complexity index is 878. The van der Waals surface area contributed by atoms with Gasteiger partial charge >= 0.3 is 0 Å². The van der Waals surface area contributed by atoms with Crippen LogP contribution >= 0.6 is 15.9 Å². The largest absolute Gasteiger partial charge is 0.481 e. The molecule has 0 aliphatic heterocycles. The Morgan fingerprint density at radius 2 is 1.85 bits per heavy atom. The van der Waals surface area contributed by atoms with Gasteiger partial charge in [0.2, 0.25) is 0 Å². The average Bonchev–Trinajstić information content (AvgIpc) is 3.10. The first-order chi connectivity index (χ1) is 13.0. The third-order valence-corrected chi connectivity index (χ3v) is 4.67. The number of halogens is 1. The van der Waals surface area contributed by atoms with Gasteiger partial charge in [0.05, 0.1) is 12.7 Å². The molecule has 1 atom stereocenters. The number of benzene rings is 2. The predicted octanol–water partition coefficient (Wildman–Crippen LogP) is 4.12. The highest BCUT2D eigenvalue weighted by Gasteiger charge is 2.19. The topological polar surface area (TPSA) is 47.4 Å². The number of hydrogen-bond acceptors (Lipinski definition) is 3. The summed E-state index contributed by atoms with van der Waals surface area (Å²) in [7, 11) is 1.78. The highest BCUT2D eigenvalue weighted by Crippen LogP contribution is 2.18. The molecule has 0 radical (unpaired) electrons. The molecule has 0 saturated heterocycles. The minimum atomic E-state index is -0.560. The molecule has 3 rings (SSSR count). The van der Waals surface area contributed by atoms with Gasteiger partial charge in [0.15, 0.2) is 6.10 Å². The van der Waals surface area contributed by atoms with Crippen molar-refractivity contribution in [3.8, 4) is 5.75 Å². The lowest BCUT2D eigenvalue weighted by Crippen LogP contribution is -2.37. The van der Waals surface area contributed by atoms with Gasteiger partial charge < -0.3 is 9.64 Å². The van der Waals surface area contributed by atoms with Crippen molar-refractivity contribution in [2.75, 3.05) is 7.05 Å². The molecule has 2 aromatic carbocycles. The zero-order valence-corrected chi connectivity index (χ0v) is 17.0. The molecule has 0 N–H and O–H groups in total. The molecule has 0 saturated carbocycles. The van der Waals surface area contributed by atoms with Gasteiger partial charge in [0.1, 0.15) is 5.75 Å². The molecule has 0 fully saturated rings. The number of rotatable bonds is 7. The number of hydrogen-bond donors (Lipinski definition) is 0. The Morgan fingerprint density at radius 3 is 2.56 bits per heavy atom. The first-order valence-electron chi connectivity index (χ1n) is 8.74. The summed E-state index contributed by atoms with van der Waals surface area (Å²) in [5.74, 6) is 0.594. The van der Waals surface area contributed by atoms with E-state index < -0.39 is 6.10 Å². The van der Waals surface area contributed by atoms with Gasteiger partial charge in [0, 0.05) is 29.8 Å². The Labute approximate surface area is 167 Å². The van der Waals surface area contributed by atoms with Crippen LogP contribution in [-0.2, 0) is 17.9 Å². The normalized spacial score (nSPS) is 11.8. The van der Waals surface area contributed by atoms with Crippen molar-refractivity contribution in [1.29, 1.82) is 0 Å². The van der Waals surface area contributed by atoms with Crippen LogP contribution < -0.4 is 4.74 Å². The Kier molecular flexibility index (Phi) is 6.29. The van der Waals surface area contributed by atoms with Gasteiger partial charge in [-0.05, 0) is 36.8 Å². The molecular formula is C21H22BrN3O2. The van der Waals surface area contributed by atoms with Crippen molar-refractivity contribution in [3.63, 3.8) is 0 Å². The molecule has 0 aliphatic carbocycles. The van der Waals surface area contributed by atoms with Crippen molar-refractivity contribution < 1.29 is 9.53 Å². The third-order valence-electron chi connectivity index (χ3n) is 4.14. The predicted molar refractivity (Wildman–Crippen MR) is 108 cm³/mol. The van der Waals surface area contributed by atoms with Crippen molar-refractivity contribution >= 4 is 21.8 Å². The van der Waals surface area contributed by atoms with Crippen molar-refractivity contribution in [2.24, 2.45) is 0 Å². The summed E-state index contributed by atoms with van der Waals surface area (Å²) in [5, 5.41) is 4.39. The standard InChI is InChI=1S/C21H22BrN3O2/c1-16(27-20-10-8-19(22)9-11-20)21(26)24(2)13-18-12-23-25(15-18)14-17-6-4-3-5-7-17/h3-12,15-16H,13-14H2,1-2H3. The van der Waals surface area contributed by atoms with E-state index in [1.807, 2.05) is 53.3 Å². The molecular weight excluding hydrogens is 406 g/mol. The average molecular weight is 428 g/mol. The molecule has 1 heterocycles. The summed E-state index contributed by atoms with van der Waals surface area (Å²) in [4.78, 5) is 14.2. The third kappa shape index (κ3) is 5.44. The van der Waals surface area contributed by atoms with Crippen LogP contribution in [0.15, 0.2) is 71.5 Å². The summed E-state index contributed by atoms with van der Waals surface area (Å²) in [6.45, 7) is 2.96. The SMILES string of the molecule is CC(Oc1ccc(Br)cc1)C(=O)N(C)Cc1cnn(Cc2ccccc2)c1. The number of aromatic nitrogens is 2. The number of carbonyl (C=O) groups is 1. The van der Waals surface area contributed by atoms with Crippen LogP contribution in [0.5, 0.6) is 5.75 Å². The molecule has 140 valence electrons. The van der Waals surface area contributed by atoms with E-state index in [0.717, 1.165) is 10.0 Å². The van der Waals surface area contributed by atoms with Gasteiger partial charge in [-0.25, -0.2) is 0 Å². The minimum absolute atomic E-state index is 0.0753. The van der Waals surface area contributed by atoms with E-state index >= 15 is 0 Å². The number of ether oxygens (including phenoxy) is 1. The maximum atomic E-state index is 12.6. The van der Waals surface area contributed by atoms with E-state index in [0.29, 0.717) is 18.8 Å². The number of nitrogens with zero attached hydrogens (tertiary/aromatic N) is 3. The van der Waals surface area contributed by atoms with Gasteiger partial charge in [-0.1, -0.05) is 46.3 Å². The lowest BCUT2D eigenvalue weighted by Gasteiger charge is -2.21. The molecule has 1 aromatic heterocycles. The van der Waals surface area contributed by atoms with E-state index in [4.69, 9.17) is 4.74 Å². The molecule has 27 heavy (non-hydrogen) atoms. The van der Waals surface area contributed by atoms with E-state index in [9.17, 15) is 4.79 Å². The molecule has 1 amide bonds. The van der Waals surface area contributed by atoms with Crippen molar-refractivity contribution in [1.82, 2.24) is 14.7 Å². The van der Waals surface area contributed by atoms with Crippen LogP contribution in [0, 0.1) is 0 Å². The molecule has 6 heteroatoms. The highest BCUT2D eigenvalue weighted by atomic mass is 79.9. The second-order valence-corrected chi connectivity index (χ2v) is 7.36. The van der Waals surface area contributed by atoms with E-state index in [1.54, 1.807) is 25.1 Å². The monoisotopic (exact) mass is 427 g/mol. The summed E-state index contributed by atoms with van der Waals surface area (Å²) in [6.07, 6.45) is 3.21. The zero-order chi connectivity index (χ0) is 19.2. The van der Waals surface area contributed by atoms with Gasteiger partial charge in [0.25, 0.3) is 5.91 Å². The summed E-state index contributed by atoms with van der Waals surface area (Å²) < 4.78 is 8.59. The maximum absolute atomic E-state index is 12.6. The zero-order valence-electron chi connectivity index (χ0n) is 15.4. The van der Waals surface area contributed by atoms with E-state index in [2.05, 4.69) is 33.2 Å². The molecule has 0 bridgehead atoms. The second-order valence-electron chi connectivity index (χ2n) is 6.44. The molecule has 1 unspecified atom stereocenters. The summed E-state index contributed by atoms with van der Waals surface area (Å²) >= 11 is 3.38. The Hall–Kier alpha value is -2.60. The quantitative estimate of drug-likeness (QED) is 0.569. The Balaban J connectivity index is 1.55. The number of amides is 1. The summed E-state index contributed by atoms with van der Waals surface area (Å²) in [6, 6.07) is 17.6. The highest BCUT2D eigenvalue weighted by molar-refractivity contribution is 9.10. The van der Waals surface area contributed by atoms with Crippen LogP contribution in [0.2, 0.25) is 0 Å². The Morgan fingerprint density at radius 1 is 1.15 bits per heavy atom. The van der Waals surface area contributed by atoms with Crippen molar-refractivity contribution in [2.45, 2.75) is 26.1 Å². The number of likely N-dealkylation sites (N-methyl/N-ethyl adjacent to an activating group) is 1. The smallest absolute Gasteiger partial charge is 0.263 e. The number of carbonyl (C=O) groups excluding carboxylic acids is 1. The van der Waals surface area contributed by atoms with Crippen LogP contribution in [0.4, 0.5) is 0 Å². The minimum Gasteiger partial charge on any atom is -0.481 e. The first kappa shape index (κ1) is 19.2. The van der Waals surface area contributed by atoms with Crippen LogP contribution in [0.1, 0.15) is 18.1 Å². The second kappa shape index (κ2) is 8.86. The molecule has 3 aromatic rings. The molecule has 5 nitrogen and oxygen atoms in total. The lowest BCUT2D eigenvalue weighted by atomic mass is 10.2. The lowest BCUT2D eigenvalue weighted by molar-refractivity contribution is -0.137. The first-order valence-corrected chi connectivity index (χ1v) is 9.53. The molecule has 0 aliphatic rings. The maximum Gasteiger partial charge on any atom is 0.263 e. The van der Waals surface area contributed by atoms with E-state index in [-0.39, 0.29) is 5.91 Å². The van der Waals surface area contributed by atoms with Gasteiger partial charge in [-0.3, -0.25) is 9.48 Å².